The van der Waals surface area contributed by atoms with E-state index in [4.69, 9.17) is 16.6 Å². The fourth-order valence-corrected chi connectivity index (χ4v) is 2.06. The van der Waals surface area contributed by atoms with Gasteiger partial charge in [0.05, 0.1) is 12.1 Å². The summed E-state index contributed by atoms with van der Waals surface area (Å²) in [5.74, 6) is -1.55. The van der Waals surface area contributed by atoms with Crippen molar-refractivity contribution < 1.29 is 23.8 Å². The van der Waals surface area contributed by atoms with E-state index in [0.29, 0.717) is 6.29 Å². The molecule has 2 rings (SSSR count). The Balaban J connectivity index is 2.07. The molecular weight excluding hydrogens is 353 g/mol. The van der Waals surface area contributed by atoms with Crippen LogP contribution in [0, 0.1) is 23.7 Å². The molecule has 7 nitrogen and oxygen atoms in total. The average molecular weight is 367 g/mol. The fourth-order valence-electron chi connectivity index (χ4n) is 2.06. The van der Waals surface area contributed by atoms with E-state index in [2.05, 4.69) is 10.2 Å². The highest BCUT2D eigenvalue weighted by Gasteiger charge is 2.31. The highest BCUT2D eigenvalue weighted by atomic mass is 19.1. The average Bonchev–Trinajstić information content (AvgIpc) is 2.66. The predicted octanol–water partition coefficient (Wildman–Crippen LogP) is 2.83. The number of hydrogen-bond donors (Lipinski definition) is 2. The second-order valence-corrected chi connectivity index (χ2v) is 5.77. The molecule has 1 atom stereocenters. The van der Waals surface area contributed by atoms with Crippen LogP contribution in [0.5, 0.6) is 5.75 Å². The van der Waals surface area contributed by atoms with Crippen LogP contribution in [0.15, 0.2) is 36.4 Å². The Morgan fingerprint density at radius 1 is 1.44 bits per heavy atom. The molecule has 27 heavy (non-hydrogen) atoms. The van der Waals surface area contributed by atoms with Crippen molar-refractivity contribution in [3.63, 3.8) is 0 Å². The molecule has 0 aliphatic rings. The van der Waals surface area contributed by atoms with Gasteiger partial charge in [0.2, 0.25) is 0 Å². The molecule has 8 heteroatoms. The number of ether oxygens (including phenoxy) is 1. The second-order valence-electron chi connectivity index (χ2n) is 5.77. The summed E-state index contributed by atoms with van der Waals surface area (Å²) in [5, 5.41) is 21.4. The van der Waals surface area contributed by atoms with Crippen LogP contribution >= 0.6 is 0 Å². The molecule has 0 unspecified atom stereocenters. The van der Waals surface area contributed by atoms with Crippen molar-refractivity contribution in [1.82, 2.24) is 0 Å². The Kier molecular flexibility index (Phi) is 5.86. The SMILES string of the molecule is [C-]#[N+]c1ccc(NC(=O)[C@@](C)(O)COc2ccc(C#N)c(F)c2)cc1C=O. The van der Waals surface area contributed by atoms with Gasteiger partial charge in [0.1, 0.15) is 30.5 Å². The van der Waals surface area contributed by atoms with Crippen molar-refractivity contribution in [3.05, 3.63) is 64.8 Å². The first-order valence-electron chi connectivity index (χ1n) is 7.63. The van der Waals surface area contributed by atoms with Gasteiger partial charge in [-0.25, -0.2) is 9.24 Å². The number of anilines is 1. The number of carbonyl (C=O) groups excluding carboxylic acids is 2. The van der Waals surface area contributed by atoms with E-state index in [0.717, 1.165) is 6.07 Å². The first-order chi connectivity index (χ1) is 12.8. The molecule has 136 valence electrons. The van der Waals surface area contributed by atoms with Gasteiger partial charge in [-0.3, -0.25) is 9.59 Å². The zero-order chi connectivity index (χ0) is 20.0. The zero-order valence-corrected chi connectivity index (χ0v) is 14.2. The lowest BCUT2D eigenvalue weighted by molar-refractivity contribution is -0.135. The Morgan fingerprint density at radius 3 is 2.78 bits per heavy atom. The topological polar surface area (TPSA) is 104 Å². The van der Waals surface area contributed by atoms with Crippen LogP contribution in [0.1, 0.15) is 22.8 Å². The Morgan fingerprint density at radius 2 is 2.19 bits per heavy atom. The van der Waals surface area contributed by atoms with Crippen LogP contribution in [0.2, 0.25) is 0 Å². The summed E-state index contributed by atoms with van der Waals surface area (Å²) in [6.45, 7) is 7.68. The van der Waals surface area contributed by atoms with Crippen LogP contribution in [0.3, 0.4) is 0 Å². The number of aliphatic hydroxyl groups is 1. The van der Waals surface area contributed by atoms with Crippen LogP contribution in [0.4, 0.5) is 15.8 Å². The van der Waals surface area contributed by atoms with Gasteiger partial charge in [-0.15, -0.1) is 0 Å². The maximum atomic E-state index is 13.6. The molecule has 0 spiro atoms. The lowest BCUT2D eigenvalue weighted by Gasteiger charge is -2.22. The molecule has 0 bridgehead atoms. The van der Waals surface area contributed by atoms with Gasteiger partial charge in [-0.05, 0) is 31.2 Å². The van der Waals surface area contributed by atoms with Crippen LogP contribution in [0.25, 0.3) is 4.85 Å². The number of nitriles is 1. The molecule has 2 aromatic rings. The molecule has 0 saturated heterocycles. The summed E-state index contributed by atoms with van der Waals surface area (Å²) in [6.07, 6.45) is 0.490. The Labute approximate surface area is 154 Å². The standard InChI is InChI=1S/C19H14FN3O4/c1-19(26,11-27-15-5-3-12(9-21)16(20)8-15)18(25)23-14-4-6-17(22-2)13(7-14)10-24/h3-8,10,26H,11H2,1H3,(H,23,25)/t19-/m0/s1. The summed E-state index contributed by atoms with van der Waals surface area (Å²) >= 11 is 0. The molecule has 0 radical (unpaired) electrons. The first-order valence-corrected chi connectivity index (χ1v) is 7.63. The highest BCUT2D eigenvalue weighted by molar-refractivity contribution is 5.98. The monoisotopic (exact) mass is 367 g/mol. The third kappa shape index (κ3) is 4.66. The largest absolute Gasteiger partial charge is 0.490 e. The van der Waals surface area contributed by atoms with E-state index in [1.807, 2.05) is 0 Å². The summed E-state index contributed by atoms with van der Waals surface area (Å²) < 4.78 is 18.8. The van der Waals surface area contributed by atoms with Crippen LogP contribution in [-0.4, -0.2) is 29.5 Å². The lowest BCUT2D eigenvalue weighted by atomic mass is 10.1. The molecule has 0 heterocycles. The van der Waals surface area contributed by atoms with Gasteiger partial charge in [-0.1, -0.05) is 6.07 Å². The number of aldehydes is 1. The predicted molar refractivity (Wildman–Crippen MR) is 94.0 cm³/mol. The van der Waals surface area contributed by atoms with E-state index >= 15 is 0 Å². The van der Waals surface area contributed by atoms with E-state index < -0.39 is 23.9 Å². The number of halogens is 1. The first kappa shape index (κ1) is 19.6. The molecule has 0 fully saturated rings. The molecule has 0 aliphatic carbocycles. The number of carbonyl (C=O) groups is 2. The van der Waals surface area contributed by atoms with Crippen LogP contribution in [-0.2, 0) is 4.79 Å². The number of hydrogen-bond acceptors (Lipinski definition) is 5. The minimum Gasteiger partial charge on any atom is -0.490 e. The van der Waals surface area contributed by atoms with E-state index in [-0.39, 0.29) is 28.3 Å². The van der Waals surface area contributed by atoms with Crippen molar-refractivity contribution in [2.24, 2.45) is 0 Å². The minimum absolute atomic E-state index is 0.0456. The van der Waals surface area contributed by atoms with Crippen molar-refractivity contribution in [2.75, 3.05) is 11.9 Å². The summed E-state index contributed by atoms with van der Waals surface area (Å²) in [5.41, 5.74) is -1.66. The summed E-state index contributed by atoms with van der Waals surface area (Å²) in [4.78, 5) is 26.4. The van der Waals surface area contributed by atoms with Crippen molar-refractivity contribution in [2.45, 2.75) is 12.5 Å². The van der Waals surface area contributed by atoms with E-state index in [1.54, 1.807) is 6.07 Å². The smallest absolute Gasteiger partial charge is 0.259 e. The van der Waals surface area contributed by atoms with Gasteiger partial charge in [0.25, 0.3) is 5.91 Å². The molecule has 2 aromatic carbocycles. The van der Waals surface area contributed by atoms with E-state index in [9.17, 15) is 19.1 Å². The molecular formula is C19H14FN3O4. The quantitative estimate of drug-likeness (QED) is 0.604. The number of benzene rings is 2. The van der Waals surface area contributed by atoms with Gasteiger partial charge < -0.3 is 15.2 Å². The van der Waals surface area contributed by atoms with E-state index in [1.165, 1.54) is 37.3 Å². The summed E-state index contributed by atoms with van der Waals surface area (Å²) in [7, 11) is 0. The van der Waals surface area contributed by atoms with Crippen molar-refractivity contribution in [1.29, 1.82) is 5.26 Å². The molecule has 0 saturated carbocycles. The molecule has 0 aliphatic heterocycles. The van der Waals surface area contributed by atoms with Crippen molar-refractivity contribution in [3.8, 4) is 11.8 Å². The number of nitrogens with zero attached hydrogens (tertiary/aromatic N) is 2. The van der Waals surface area contributed by atoms with Crippen LogP contribution < -0.4 is 10.1 Å². The third-order valence-corrected chi connectivity index (χ3v) is 3.60. The molecule has 1 amide bonds. The number of amides is 1. The summed E-state index contributed by atoms with van der Waals surface area (Å²) in [6, 6.07) is 9.32. The Hall–Kier alpha value is -3.75. The van der Waals surface area contributed by atoms with Gasteiger partial charge >= 0.3 is 0 Å². The molecule has 2 N–H and O–H groups in total. The maximum Gasteiger partial charge on any atom is 0.259 e. The maximum absolute atomic E-state index is 13.6. The number of nitrogens with one attached hydrogen (secondary N) is 1. The number of rotatable bonds is 6. The van der Waals surface area contributed by atoms with Crippen molar-refractivity contribution >= 4 is 23.6 Å². The highest BCUT2D eigenvalue weighted by Crippen LogP contribution is 2.23. The minimum atomic E-state index is -1.97. The lowest BCUT2D eigenvalue weighted by Crippen LogP contribution is -2.45. The zero-order valence-electron chi connectivity index (χ0n) is 14.2. The third-order valence-electron chi connectivity index (χ3n) is 3.60. The Bertz CT molecular complexity index is 974. The molecule has 0 aromatic heterocycles. The van der Waals surface area contributed by atoms with Gasteiger partial charge in [-0.2, -0.15) is 5.26 Å². The second kappa shape index (κ2) is 8.09. The van der Waals surface area contributed by atoms with Gasteiger partial charge in [0.15, 0.2) is 11.3 Å². The fraction of sp³-hybridized carbons (Fsp3) is 0.158. The normalized spacial score (nSPS) is 12.2. The van der Waals surface area contributed by atoms with Gasteiger partial charge in [0, 0.05) is 17.3 Å².